The summed E-state index contributed by atoms with van der Waals surface area (Å²) < 4.78 is 19.0. The van der Waals surface area contributed by atoms with Crippen LogP contribution in [0.5, 0.6) is 0 Å². The van der Waals surface area contributed by atoms with Crippen LogP contribution in [0.25, 0.3) is 22.0 Å². The van der Waals surface area contributed by atoms with Gasteiger partial charge in [0.1, 0.15) is 11.9 Å². The Morgan fingerprint density at radius 3 is 2.89 bits per heavy atom. The van der Waals surface area contributed by atoms with Crippen molar-refractivity contribution in [1.29, 1.82) is 0 Å². The van der Waals surface area contributed by atoms with E-state index in [-0.39, 0.29) is 6.10 Å². The Kier molecular flexibility index (Phi) is 6.92. The summed E-state index contributed by atoms with van der Waals surface area (Å²) in [6.07, 6.45) is 4.27. The zero-order valence-electron chi connectivity index (χ0n) is 19.7. The third-order valence-corrected chi connectivity index (χ3v) is 5.70. The third kappa shape index (κ3) is 5.37. The van der Waals surface area contributed by atoms with Crippen LogP contribution in [0.1, 0.15) is 18.7 Å². The molecule has 5 rings (SSSR count). The van der Waals surface area contributed by atoms with Gasteiger partial charge in [0.25, 0.3) is 5.91 Å². The average molecular weight is 485 g/mol. The lowest BCUT2D eigenvalue weighted by Gasteiger charge is -2.24. The highest BCUT2D eigenvalue weighted by atomic mass is 19.1. The van der Waals surface area contributed by atoms with Gasteiger partial charge in [-0.05, 0) is 36.8 Å². The quantitative estimate of drug-likeness (QED) is 0.334. The van der Waals surface area contributed by atoms with Crippen LogP contribution in [0, 0.1) is 0 Å². The fraction of sp³-hybridized carbons (Fsp3) is 0.185. The molecule has 4 aromatic rings. The number of ether oxygens (including phenoxy) is 1. The highest BCUT2D eigenvalue weighted by molar-refractivity contribution is 6.00. The second-order valence-electron chi connectivity index (χ2n) is 8.36. The Balaban J connectivity index is 1.47. The molecule has 3 N–H and O–H groups in total. The van der Waals surface area contributed by atoms with Gasteiger partial charge in [-0.3, -0.25) is 9.78 Å². The fourth-order valence-corrected chi connectivity index (χ4v) is 4.11. The van der Waals surface area contributed by atoms with E-state index >= 15 is 0 Å². The van der Waals surface area contributed by atoms with E-state index in [0.717, 1.165) is 46.0 Å². The van der Waals surface area contributed by atoms with Gasteiger partial charge < -0.3 is 20.7 Å². The molecule has 9 heteroatoms. The van der Waals surface area contributed by atoms with Gasteiger partial charge in [-0.2, -0.15) is 0 Å². The van der Waals surface area contributed by atoms with Crippen LogP contribution >= 0.6 is 0 Å². The summed E-state index contributed by atoms with van der Waals surface area (Å²) in [5.41, 5.74) is 4.61. The maximum absolute atomic E-state index is 13.1. The zero-order valence-corrected chi connectivity index (χ0v) is 19.7. The summed E-state index contributed by atoms with van der Waals surface area (Å²) in [7, 11) is 0. The number of allylic oxidation sites excluding steroid dienone is 1. The van der Waals surface area contributed by atoms with Crippen molar-refractivity contribution in [3.8, 4) is 11.1 Å². The number of anilines is 3. The number of fused-ring (bicyclic) bond motifs is 1. The molecule has 0 spiro atoms. The predicted molar refractivity (Wildman–Crippen MR) is 138 cm³/mol. The molecule has 36 heavy (non-hydrogen) atoms. The average Bonchev–Trinajstić information content (AvgIpc) is 2.89. The van der Waals surface area contributed by atoms with Gasteiger partial charge in [0, 0.05) is 48.2 Å². The van der Waals surface area contributed by atoms with E-state index in [1.54, 1.807) is 18.5 Å². The molecule has 0 aliphatic carbocycles. The predicted octanol–water partition coefficient (Wildman–Crippen LogP) is 4.91. The van der Waals surface area contributed by atoms with Gasteiger partial charge in [0.2, 0.25) is 5.95 Å². The first-order chi connectivity index (χ1) is 17.6. The van der Waals surface area contributed by atoms with Gasteiger partial charge in [0.15, 0.2) is 0 Å². The molecule has 1 aliphatic rings. The number of hydrogen-bond acceptors (Lipinski definition) is 7. The van der Waals surface area contributed by atoms with E-state index in [1.807, 2.05) is 48.5 Å². The van der Waals surface area contributed by atoms with Gasteiger partial charge in [0.05, 0.1) is 23.5 Å². The molecule has 3 heterocycles. The minimum Gasteiger partial charge on any atom is -0.369 e. The maximum Gasteiger partial charge on any atom is 0.250 e. The number of benzene rings is 2. The topological polar surface area (TPSA) is 101 Å². The summed E-state index contributed by atoms with van der Waals surface area (Å²) in [5, 5.41) is 10.2. The highest BCUT2D eigenvalue weighted by Gasteiger charge is 2.21. The number of morpholine rings is 1. The van der Waals surface area contributed by atoms with Crippen molar-refractivity contribution in [3.05, 3.63) is 84.6 Å². The van der Waals surface area contributed by atoms with Crippen LogP contribution in [-0.4, -0.2) is 40.6 Å². The van der Waals surface area contributed by atoms with Crippen LogP contribution in [0.4, 0.5) is 21.7 Å². The normalized spacial score (nSPS) is 16.1. The number of halogens is 1. The number of rotatable bonds is 6. The van der Waals surface area contributed by atoms with Crippen molar-refractivity contribution < 1.29 is 13.9 Å². The molecule has 2 aromatic carbocycles. The maximum atomic E-state index is 13.1. The number of pyridine rings is 1. The molecule has 1 unspecified atom stereocenters. The van der Waals surface area contributed by atoms with Crippen molar-refractivity contribution in [2.45, 2.75) is 13.0 Å². The van der Waals surface area contributed by atoms with Gasteiger partial charge in [-0.25, -0.2) is 14.4 Å². The van der Waals surface area contributed by atoms with Crippen LogP contribution in [-0.2, 0) is 9.53 Å². The van der Waals surface area contributed by atoms with Crippen LogP contribution in [0.2, 0.25) is 0 Å². The van der Waals surface area contributed by atoms with E-state index < -0.39 is 11.7 Å². The summed E-state index contributed by atoms with van der Waals surface area (Å²) in [4.78, 5) is 25.8. The standard InChI is InChI=1S/C27H25FN6O2/c1-17(28)13-24(35)32-20-7-2-5-18(14-20)21-8-3-6-19-15-31-27(34-25(19)21)33-22-9-4-10-30-26(22)23-16-29-11-12-36-23/h2-10,13-15,23,29H,11-12,16H2,1H3,(H,32,35)(H,31,33,34)/b17-13-. The molecule has 1 aliphatic heterocycles. The number of aromatic nitrogens is 3. The second kappa shape index (κ2) is 10.6. The van der Waals surface area contributed by atoms with E-state index in [0.29, 0.717) is 24.8 Å². The monoisotopic (exact) mass is 484 g/mol. The Morgan fingerprint density at radius 1 is 1.17 bits per heavy atom. The highest BCUT2D eigenvalue weighted by Crippen LogP contribution is 2.31. The lowest BCUT2D eigenvalue weighted by molar-refractivity contribution is -0.112. The molecule has 182 valence electrons. The SMILES string of the molecule is C/C(F)=C/C(=O)Nc1cccc(-c2cccc3cnc(Nc4cccnc4C4CNCCO4)nc23)c1. The minimum atomic E-state index is -0.558. The van der Waals surface area contributed by atoms with Crippen molar-refractivity contribution in [2.75, 3.05) is 30.3 Å². The summed E-state index contributed by atoms with van der Waals surface area (Å²) >= 11 is 0. The third-order valence-electron chi connectivity index (χ3n) is 5.70. The number of carbonyl (C=O) groups excluding carboxylic acids is 1. The molecular weight excluding hydrogens is 459 g/mol. The fourth-order valence-electron chi connectivity index (χ4n) is 4.11. The van der Waals surface area contributed by atoms with Gasteiger partial charge in [-0.15, -0.1) is 0 Å². The van der Waals surface area contributed by atoms with Gasteiger partial charge in [-0.1, -0.05) is 30.3 Å². The molecular formula is C27H25FN6O2. The molecule has 0 bridgehead atoms. The van der Waals surface area contributed by atoms with Crippen molar-refractivity contribution in [3.63, 3.8) is 0 Å². The first-order valence-electron chi connectivity index (χ1n) is 11.6. The summed E-state index contributed by atoms with van der Waals surface area (Å²) in [6, 6.07) is 17.0. The van der Waals surface area contributed by atoms with Gasteiger partial charge >= 0.3 is 0 Å². The number of carbonyl (C=O) groups is 1. The van der Waals surface area contributed by atoms with Crippen molar-refractivity contribution in [1.82, 2.24) is 20.3 Å². The molecule has 8 nitrogen and oxygen atoms in total. The lowest BCUT2D eigenvalue weighted by atomic mass is 10.0. The van der Waals surface area contributed by atoms with Crippen molar-refractivity contribution in [2.24, 2.45) is 0 Å². The molecule has 1 fully saturated rings. The zero-order chi connectivity index (χ0) is 24.9. The smallest absolute Gasteiger partial charge is 0.250 e. The number of hydrogen-bond donors (Lipinski definition) is 3. The molecule has 0 saturated carbocycles. The Hall–Kier alpha value is -4.21. The summed E-state index contributed by atoms with van der Waals surface area (Å²) in [5.74, 6) is -0.651. The largest absolute Gasteiger partial charge is 0.369 e. The van der Waals surface area contributed by atoms with Crippen LogP contribution < -0.4 is 16.0 Å². The first-order valence-corrected chi connectivity index (χ1v) is 11.6. The lowest BCUT2D eigenvalue weighted by Crippen LogP contribution is -2.34. The Morgan fingerprint density at radius 2 is 2.06 bits per heavy atom. The van der Waals surface area contributed by atoms with Crippen LogP contribution in [0.15, 0.2) is 78.9 Å². The Labute approximate surface area is 207 Å². The van der Waals surface area contributed by atoms with E-state index in [1.165, 1.54) is 6.92 Å². The van der Waals surface area contributed by atoms with E-state index in [9.17, 15) is 9.18 Å². The van der Waals surface area contributed by atoms with E-state index in [2.05, 4.69) is 25.9 Å². The summed E-state index contributed by atoms with van der Waals surface area (Å²) in [6.45, 7) is 3.35. The molecule has 1 amide bonds. The molecule has 1 atom stereocenters. The number of nitrogens with zero attached hydrogens (tertiary/aromatic N) is 3. The molecule has 2 aromatic heterocycles. The number of para-hydroxylation sites is 1. The number of nitrogens with one attached hydrogen (secondary N) is 3. The second-order valence-corrected chi connectivity index (χ2v) is 8.36. The Bertz CT molecular complexity index is 1430. The molecule has 1 saturated heterocycles. The number of amides is 1. The minimum absolute atomic E-state index is 0.160. The van der Waals surface area contributed by atoms with Crippen molar-refractivity contribution >= 4 is 34.1 Å². The first kappa shape index (κ1) is 23.5. The van der Waals surface area contributed by atoms with E-state index in [4.69, 9.17) is 9.72 Å². The van der Waals surface area contributed by atoms with Crippen LogP contribution in [0.3, 0.4) is 0 Å². The molecule has 0 radical (unpaired) electrons.